The summed E-state index contributed by atoms with van der Waals surface area (Å²) in [5.41, 5.74) is 0. The summed E-state index contributed by atoms with van der Waals surface area (Å²) in [7, 11) is 1.52. The maximum absolute atomic E-state index is 11.8. The second-order valence-electron chi connectivity index (χ2n) is 3.38. The average Bonchev–Trinajstić information content (AvgIpc) is 2.29. The molecule has 0 saturated carbocycles. The summed E-state index contributed by atoms with van der Waals surface area (Å²) in [6.07, 6.45) is 0. The molecule has 0 aromatic carbocycles. The van der Waals surface area contributed by atoms with Crippen LogP contribution in [0.4, 0.5) is 4.79 Å². The van der Waals surface area contributed by atoms with Crippen molar-refractivity contribution in [2.24, 2.45) is 0 Å². The fourth-order valence-corrected chi connectivity index (χ4v) is 1.39. The fraction of sp³-hybridized carbons (Fsp3) is 0.778. The highest BCUT2D eigenvalue weighted by Gasteiger charge is 2.23. The summed E-state index contributed by atoms with van der Waals surface area (Å²) in [6.45, 7) is 4.00. The van der Waals surface area contributed by atoms with Crippen molar-refractivity contribution >= 4 is 11.9 Å². The van der Waals surface area contributed by atoms with Crippen LogP contribution in [-0.4, -0.2) is 56.2 Å². The number of hydrogen-bond donors (Lipinski definition) is 2. The van der Waals surface area contributed by atoms with Crippen molar-refractivity contribution in [3.8, 4) is 0 Å². The van der Waals surface area contributed by atoms with Gasteiger partial charge in [0.15, 0.2) is 0 Å². The molecule has 1 saturated heterocycles. The van der Waals surface area contributed by atoms with E-state index in [9.17, 15) is 9.59 Å². The first kappa shape index (κ1) is 11.8. The lowest BCUT2D eigenvalue weighted by Gasteiger charge is -2.29. The van der Waals surface area contributed by atoms with E-state index < -0.39 is 6.04 Å². The molecular weight excluding hydrogens is 198 g/mol. The van der Waals surface area contributed by atoms with E-state index in [4.69, 9.17) is 4.74 Å². The van der Waals surface area contributed by atoms with Gasteiger partial charge in [-0.1, -0.05) is 0 Å². The van der Waals surface area contributed by atoms with Gasteiger partial charge in [0.2, 0.25) is 5.91 Å². The molecule has 1 fully saturated rings. The minimum absolute atomic E-state index is 0.0677. The molecule has 86 valence electrons. The summed E-state index contributed by atoms with van der Waals surface area (Å²) >= 11 is 0. The summed E-state index contributed by atoms with van der Waals surface area (Å²) in [4.78, 5) is 24.5. The van der Waals surface area contributed by atoms with Crippen LogP contribution >= 0.6 is 0 Å². The van der Waals surface area contributed by atoms with Gasteiger partial charge in [-0.3, -0.25) is 4.79 Å². The highest BCUT2D eigenvalue weighted by Crippen LogP contribution is 2.00. The highest BCUT2D eigenvalue weighted by atomic mass is 16.5. The molecule has 1 rings (SSSR count). The molecule has 0 aromatic rings. The predicted octanol–water partition coefficient (Wildman–Crippen LogP) is -0.837. The van der Waals surface area contributed by atoms with Crippen molar-refractivity contribution in [3.05, 3.63) is 0 Å². The molecule has 15 heavy (non-hydrogen) atoms. The minimum Gasteiger partial charge on any atom is -0.378 e. The van der Waals surface area contributed by atoms with Gasteiger partial charge in [0.05, 0.1) is 13.2 Å². The number of ether oxygens (including phenoxy) is 1. The topological polar surface area (TPSA) is 70.7 Å². The van der Waals surface area contributed by atoms with Crippen molar-refractivity contribution in [2.45, 2.75) is 13.0 Å². The van der Waals surface area contributed by atoms with Gasteiger partial charge in [-0.25, -0.2) is 4.79 Å². The van der Waals surface area contributed by atoms with Gasteiger partial charge in [0.25, 0.3) is 0 Å². The van der Waals surface area contributed by atoms with Gasteiger partial charge in [0.1, 0.15) is 6.04 Å². The second-order valence-corrected chi connectivity index (χ2v) is 3.38. The van der Waals surface area contributed by atoms with Crippen LogP contribution in [0, 0.1) is 0 Å². The minimum atomic E-state index is -0.497. The van der Waals surface area contributed by atoms with Crippen molar-refractivity contribution in [3.63, 3.8) is 0 Å². The molecule has 1 atom stereocenters. The van der Waals surface area contributed by atoms with Crippen LogP contribution in [0.3, 0.4) is 0 Å². The van der Waals surface area contributed by atoms with Gasteiger partial charge < -0.3 is 20.3 Å². The normalized spacial score (nSPS) is 18.1. The van der Waals surface area contributed by atoms with Gasteiger partial charge >= 0.3 is 6.03 Å². The third kappa shape index (κ3) is 3.39. The predicted molar refractivity (Wildman–Crippen MR) is 54.5 cm³/mol. The van der Waals surface area contributed by atoms with Gasteiger partial charge in [-0.05, 0) is 6.92 Å². The van der Waals surface area contributed by atoms with E-state index >= 15 is 0 Å². The number of carbonyl (C=O) groups excluding carboxylic acids is 2. The standard InChI is InChI=1S/C9H17N3O3/c1-7(11-9(14)10-2)8(13)12-3-5-15-6-4-12/h7H,3-6H2,1-2H3,(H2,10,11,14)/t7-/m1/s1. The van der Waals surface area contributed by atoms with Crippen molar-refractivity contribution in [2.75, 3.05) is 33.4 Å². The maximum atomic E-state index is 11.8. The summed E-state index contributed by atoms with van der Waals surface area (Å²) in [5.74, 6) is -0.0677. The maximum Gasteiger partial charge on any atom is 0.315 e. The first-order valence-corrected chi connectivity index (χ1v) is 5.00. The van der Waals surface area contributed by atoms with E-state index in [-0.39, 0.29) is 11.9 Å². The number of rotatable bonds is 2. The molecule has 1 aliphatic heterocycles. The lowest BCUT2D eigenvalue weighted by atomic mass is 10.2. The highest BCUT2D eigenvalue weighted by molar-refractivity contribution is 5.86. The van der Waals surface area contributed by atoms with E-state index in [1.165, 1.54) is 7.05 Å². The Bertz CT molecular complexity index is 239. The van der Waals surface area contributed by atoms with Crippen molar-refractivity contribution in [1.29, 1.82) is 0 Å². The molecule has 0 unspecified atom stereocenters. The molecular formula is C9H17N3O3. The zero-order chi connectivity index (χ0) is 11.3. The third-order valence-electron chi connectivity index (χ3n) is 2.27. The SMILES string of the molecule is CNC(=O)N[C@H](C)C(=O)N1CCOCC1. The van der Waals surface area contributed by atoms with E-state index in [1.807, 2.05) is 0 Å². The van der Waals surface area contributed by atoms with E-state index in [1.54, 1.807) is 11.8 Å². The van der Waals surface area contributed by atoms with Crippen LogP contribution in [0.1, 0.15) is 6.92 Å². The first-order chi connectivity index (χ1) is 7.15. The second kappa shape index (κ2) is 5.55. The number of hydrogen-bond acceptors (Lipinski definition) is 3. The van der Waals surface area contributed by atoms with E-state index in [0.29, 0.717) is 26.3 Å². The number of nitrogens with one attached hydrogen (secondary N) is 2. The lowest BCUT2D eigenvalue weighted by molar-refractivity contribution is -0.136. The van der Waals surface area contributed by atoms with Gasteiger partial charge in [-0.15, -0.1) is 0 Å². The van der Waals surface area contributed by atoms with Crippen LogP contribution in [0.2, 0.25) is 0 Å². The van der Waals surface area contributed by atoms with Crippen molar-refractivity contribution < 1.29 is 14.3 Å². The molecule has 1 heterocycles. The Morgan fingerprint density at radius 3 is 2.47 bits per heavy atom. The largest absolute Gasteiger partial charge is 0.378 e. The summed E-state index contributed by atoms with van der Waals surface area (Å²) < 4.78 is 5.14. The number of amides is 3. The zero-order valence-corrected chi connectivity index (χ0v) is 9.08. The van der Waals surface area contributed by atoms with Crippen LogP contribution in [0.15, 0.2) is 0 Å². The molecule has 0 aliphatic carbocycles. The lowest BCUT2D eigenvalue weighted by Crippen LogP contribution is -2.51. The molecule has 6 heteroatoms. The van der Waals surface area contributed by atoms with E-state index in [2.05, 4.69) is 10.6 Å². The Balaban J connectivity index is 2.40. The monoisotopic (exact) mass is 215 g/mol. The Kier molecular flexibility index (Phi) is 4.36. The van der Waals surface area contributed by atoms with E-state index in [0.717, 1.165) is 0 Å². The van der Waals surface area contributed by atoms with Gasteiger partial charge in [-0.2, -0.15) is 0 Å². The zero-order valence-electron chi connectivity index (χ0n) is 9.08. The number of urea groups is 1. The molecule has 6 nitrogen and oxygen atoms in total. The quantitative estimate of drug-likeness (QED) is 0.631. The molecule has 3 amide bonds. The Hall–Kier alpha value is -1.30. The average molecular weight is 215 g/mol. The molecule has 2 N–H and O–H groups in total. The Morgan fingerprint density at radius 1 is 1.33 bits per heavy atom. The molecule has 1 aliphatic rings. The smallest absolute Gasteiger partial charge is 0.315 e. The molecule has 0 radical (unpaired) electrons. The summed E-state index contributed by atoms with van der Waals surface area (Å²) in [6, 6.07) is -0.841. The molecule has 0 aromatic heterocycles. The number of nitrogens with zero attached hydrogens (tertiary/aromatic N) is 1. The number of morpholine rings is 1. The van der Waals surface area contributed by atoms with Crippen LogP contribution in [0.5, 0.6) is 0 Å². The number of carbonyl (C=O) groups is 2. The van der Waals surface area contributed by atoms with Crippen LogP contribution in [-0.2, 0) is 9.53 Å². The van der Waals surface area contributed by atoms with Crippen molar-refractivity contribution in [1.82, 2.24) is 15.5 Å². The summed E-state index contributed by atoms with van der Waals surface area (Å²) in [5, 5.41) is 4.95. The van der Waals surface area contributed by atoms with Crippen LogP contribution < -0.4 is 10.6 Å². The first-order valence-electron chi connectivity index (χ1n) is 5.00. The third-order valence-corrected chi connectivity index (χ3v) is 2.27. The molecule has 0 spiro atoms. The Labute approximate surface area is 88.9 Å². The van der Waals surface area contributed by atoms with Crippen LogP contribution in [0.25, 0.3) is 0 Å². The Morgan fingerprint density at radius 2 is 1.93 bits per heavy atom. The molecule has 0 bridgehead atoms. The van der Waals surface area contributed by atoms with Gasteiger partial charge in [0, 0.05) is 20.1 Å². The fourth-order valence-electron chi connectivity index (χ4n) is 1.39.